The Hall–Kier alpha value is -5.84. The van der Waals surface area contributed by atoms with Crippen molar-refractivity contribution in [2.45, 2.75) is 43.8 Å². The lowest BCUT2D eigenvalue weighted by atomic mass is 9.77. The monoisotopic (exact) mass is 691 g/mol. The first-order valence-electron chi connectivity index (χ1n) is 16.6. The molecule has 1 aromatic heterocycles. The van der Waals surface area contributed by atoms with Crippen LogP contribution in [0.2, 0.25) is 0 Å². The predicted molar refractivity (Wildman–Crippen MR) is 189 cm³/mol. The fourth-order valence-corrected chi connectivity index (χ4v) is 6.80. The number of H-pyrrole nitrogens is 1. The zero-order chi connectivity index (χ0) is 36.2. The number of aliphatic hydroxyl groups excluding tert-OH is 1. The molecule has 7 rings (SSSR count). The highest BCUT2D eigenvalue weighted by atomic mass is 16.6. The van der Waals surface area contributed by atoms with E-state index in [0.717, 1.165) is 11.4 Å². The molecule has 13 heteroatoms. The molecule has 3 aliphatic heterocycles. The molecule has 262 valence electrons. The van der Waals surface area contributed by atoms with Crippen molar-refractivity contribution in [2.24, 2.45) is 0 Å². The van der Waals surface area contributed by atoms with Gasteiger partial charge in [-0.15, -0.1) is 0 Å². The number of benzene rings is 3. The van der Waals surface area contributed by atoms with Crippen molar-refractivity contribution in [3.8, 4) is 23.3 Å². The van der Waals surface area contributed by atoms with Crippen LogP contribution < -0.4 is 31.1 Å². The van der Waals surface area contributed by atoms with Crippen molar-refractivity contribution in [3.05, 3.63) is 115 Å². The van der Waals surface area contributed by atoms with Gasteiger partial charge in [0.1, 0.15) is 23.3 Å². The third kappa shape index (κ3) is 5.72. The van der Waals surface area contributed by atoms with Crippen LogP contribution >= 0.6 is 0 Å². The number of anilines is 2. The SMILES string of the molecule is CC[C@H]1O[C@@H](n2cc(C#CCNC(=O)c3ccc4c(c3)C3(OC4=O)c4ccc(N(C)C)cc4Oc4cc(N(C)C)ccc43)c(=O)[nH]c2=O)CC1O. The number of rotatable bonds is 6. The van der Waals surface area contributed by atoms with Gasteiger partial charge in [-0.25, -0.2) is 9.59 Å². The van der Waals surface area contributed by atoms with Crippen LogP contribution in [0.25, 0.3) is 0 Å². The van der Waals surface area contributed by atoms with E-state index in [4.69, 9.17) is 14.2 Å². The van der Waals surface area contributed by atoms with Gasteiger partial charge in [-0.2, -0.15) is 0 Å². The van der Waals surface area contributed by atoms with Crippen LogP contribution in [0.15, 0.2) is 70.4 Å². The molecule has 1 fully saturated rings. The largest absolute Gasteiger partial charge is 0.456 e. The van der Waals surface area contributed by atoms with Crippen LogP contribution in [0, 0.1) is 11.8 Å². The molecule has 1 saturated heterocycles. The molecule has 3 aromatic carbocycles. The van der Waals surface area contributed by atoms with E-state index in [9.17, 15) is 24.3 Å². The number of aliphatic hydroxyl groups is 1. The van der Waals surface area contributed by atoms with E-state index in [0.29, 0.717) is 40.2 Å². The van der Waals surface area contributed by atoms with Crippen LogP contribution in [0.1, 0.15) is 69.0 Å². The van der Waals surface area contributed by atoms with E-state index in [2.05, 4.69) is 22.1 Å². The molecule has 3 N–H and O–H groups in total. The normalized spacial score (nSPS) is 19.2. The van der Waals surface area contributed by atoms with Crippen LogP contribution in [0.3, 0.4) is 0 Å². The van der Waals surface area contributed by atoms with Gasteiger partial charge < -0.3 is 34.4 Å². The number of esters is 1. The second kappa shape index (κ2) is 12.8. The molecule has 0 bridgehead atoms. The number of carbonyl (C=O) groups is 2. The van der Waals surface area contributed by atoms with Crippen LogP contribution in [-0.2, 0) is 15.1 Å². The van der Waals surface area contributed by atoms with Crippen molar-refractivity contribution >= 4 is 23.3 Å². The highest BCUT2D eigenvalue weighted by Gasteiger charge is 2.54. The van der Waals surface area contributed by atoms with E-state index in [1.807, 2.05) is 81.3 Å². The Morgan fingerprint density at radius 2 is 1.65 bits per heavy atom. The van der Waals surface area contributed by atoms with Gasteiger partial charge in [0.2, 0.25) is 0 Å². The molecule has 51 heavy (non-hydrogen) atoms. The summed E-state index contributed by atoms with van der Waals surface area (Å²) in [5.74, 6) is 5.55. The molecule has 0 saturated carbocycles. The summed E-state index contributed by atoms with van der Waals surface area (Å²) >= 11 is 0. The zero-order valence-electron chi connectivity index (χ0n) is 28.8. The van der Waals surface area contributed by atoms with E-state index in [1.165, 1.54) is 10.8 Å². The van der Waals surface area contributed by atoms with E-state index < -0.39 is 47.2 Å². The van der Waals surface area contributed by atoms with Gasteiger partial charge in [-0.05, 0) is 48.9 Å². The van der Waals surface area contributed by atoms with Gasteiger partial charge >= 0.3 is 11.7 Å². The molecule has 0 radical (unpaired) electrons. The van der Waals surface area contributed by atoms with E-state index in [-0.39, 0.29) is 24.1 Å². The minimum Gasteiger partial charge on any atom is -0.456 e. The number of amides is 1. The van der Waals surface area contributed by atoms with Gasteiger partial charge in [0.05, 0.1) is 24.3 Å². The number of nitrogens with one attached hydrogen (secondary N) is 2. The van der Waals surface area contributed by atoms with Crippen LogP contribution in [0.4, 0.5) is 11.4 Å². The smallest absolute Gasteiger partial charge is 0.340 e. The Kier molecular flexibility index (Phi) is 8.45. The fourth-order valence-electron chi connectivity index (χ4n) is 6.80. The van der Waals surface area contributed by atoms with E-state index in [1.54, 1.807) is 18.2 Å². The van der Waals surface area contributed by atoms with Crippen LogP contribution in [0.5, 0.6) is 11.5 Å². The van der Waals surface area contributed by atoms with Crippen molar-refractivity contribution in [1.29, 1.82) is 0 Å². The Bertz CT molecular complexity index is 2210. The summed E-state index contributed by atoms with van der Waals surface area (Å²) in [6.07, 6.45) is 0.180. The molecule has 4 aromatic rings. The topological polar surface area (TPSA) is 155 Å². The number of hydrogen-bond acceptors (Lipinski definition) is 10. The number of carbonyl (C=O) groups excluding carboxylic acids is 2. The predicted octanol–water partition coefficient (Wildman–Crippen LogP) is 3.08. The lowest BCUT2D eigenvalue weighted by molar-refractivity contribution is -0.0218. The number of nitrogens with zero attached hydrogens (tertiary/aromatic N) is 3. The summed E-state index contributed by atoms with van der Waals surface area (Å²) in [4.78, 5) is 58.1. The third-order valence-corrected chi connectivity index (χ3v) is 9.51. The molecular weight excluding hydrogens is 654 g/mol. The molecule has 0 aliphatic carbocycles. The quantitative estimate of drug-likeness (QED) is 0.203. The standard InChI is InChI=1S/C38H37N5O8/c1-6-30-29(44)19-33(50-30)43-20-22(35(46)40-37(43)48)8-7-15-39-34(45)21-9-12-25-28(16-21)38(51-36(25)47)26-13-10-23(41(2)3)17-31(26)49-32-18-24(42(4)5)11-14-27(32)38/h9-14,16-18,20,29-30,33,44H,6,15,19H2,1-5H3,(H,39,45)(H,40,46,48)/t29?,30-,33-/m1/s1. The van der Waals surface area contributed by atoms with Gasteiger partial charge in [0.25, 0.3) is 11.5 Å². The van der Waals surface area contributed by atoms with Gasteiger partial charge in [0, 0.05) is 86.6 Å². The number of fused-ring (bicyclic) bond motifs is 6. The molecular formula is C38H37N5O8. The second-order valence-electron chi connectivity index (χ2n) is 13.1. The Morgan fingerprint density at radius 3 is 2.25 bits per heavy atom. The number of hydrogen-bond donors (Lipinski definition) is 3. The van der Waals surface area contributed by atoms with E-state index >= 15 is 0 Å². The lowest BCUT2D eigenvalue weighted by Crippen LogP contribution is -2.34. The first kappa shape index (κ1) is 33.6. The second-order valence-corrected chi connectivity index (χ2v) is 13.1. The fraction of sp³-hybridized carbons (Fsp3) is 0.316. The summed E-state index contributed by atoms with van der Waals surface area (Å²) < 4.78 is 19.7. The number of ether oxygens (including phenoxy) is 3. The number of aromatic nitrogens is 2. The Labute approximate surface area is 293 Å². The van der Waals surface area contributed by atoms with Gasteiger partial charge in [-0.3, -0.25) is 19.1 Å². The van der Waals surface area contributed by atoms with Gasteiger partial charge in [-0.1, -0.05) is 18.8 Å². The maximum absolute atomic E-state index is 13.5. The number of aromatic amines is 1. The summed E-state index contributed by atoms with van der Waals surface area (Å²) in [7, 11) is 7.70. The maximum atomic E-state index is 13.5. The molecule has 1 unspecified atom stereocenters. The average Bonchev–Trinajstić information content (AvgIpc) is 3.63. The molecule has 3 atom stereocenters. The van der Waals surface area contributed by atoms with Crippen LogP contribution in [-0.4, -0.2) is 73.5 Å². The summed E-state index contributed by atoms with van der Waals surface area (Å²) in [5, 5.41) is 13.0. The van der Waals surface area contributed by atoms with Crippen molar-refractivity contribution < 1.29 is 28.9 Å². The Balaban J connectivity index is 1.19. The van der Waals surface area contributed by atoms with Gasteiger partial charge in [0.15, 0.2) is 5.60 Å². The van der Waals surface area contributed by atoms with Crippen molar-refractivity contribution in [3.63, 3.8) is 0 Å². The first-order valence-corrected chi connectivity index (χ1v) is 16.6. The summed E-state index contributed by atoms with van der Waals surface area (Å²) in [6, 6.07) is 16.2. The first-order chi connectivity index (χ1) is 24.4. The highest BCUT2D eigenvalue weighted by molar-refractivity contribution is 6.00. The van der Waals surface area contributed by atoms with Crippen molar-refractivity contribution in [1.82, 2.24) is 14.9 Å². The molecule has 3 aliphatic rings. The van der Waals surface area contributed by atoms with Crippen molar-refractivity contribution in [2.75, 3.05) is 44.5 Å². The zero-order valence-corrected chi connectivity index (χ0v) is 28.8. The highest BCUT2D eigenvalue weighted by Crippen LogP contribution is 2.57. The Morgan fingerprint density at radius 1 is 0.980 bits per heavy atom. The third-order valence-electron chi connectivity index (χ3n) is 9.51. The summed E-state index contributed by atoms with van der Waals surface area (Å²) in [5.41, 5.74) is 1.43. The average molecular weight is 692 g/mol. The molecule has 13 nitrogen and oxygen atoms in total. The minimum atomic E-state index is -1.37. The summed E-state index contributed by atoms with van der Waals surface area (Å²) in [6.45, 7) is 1.75. The minimum absolute atomic E-state index is 0.00344. The maximum Gasteiger partial charge on any atom is 0.340 e. The molecule has 4 heterocycles. The molecule has 1 amide bonds. The lowest BCUT2D eigenvalue weighted by Gasteiger charge is -2.37. The molecule has 1 spiro atoms.